The topological polar surface area (TPSA) is 125 Å². The van der Waals surface area contributed by atoms with E-state index < -0.39 is 17.9 Å². The van der Waals surface area contributed by atoms with Crippen molar-refractivity contribution in [1.82, 2.24) is 10.7 Å². The summed E-state index contributed by atoms with van der Waals surface area (Å²) in [7, 11) is 3.04. The van der Waals surface area contributed by atoms with Crippen LogP contribution in [0.15, 0.2) is 41.5 Å². The molecule has 0 saturated carbocycles. The minimum Gasteiger partial charge on any atom is -0.497 e. The lowest BCUT2D eigenvalue weighted by Gasteiger charge is -2.13. The number of esters is 1. The molecule has 2 aromatic rings. The maximum absolute atomic E-state index is 12.3. The second-order valence-electron chi connectivity index (χ2n) is 7.18. The molecule has 0 aliphatic carbocycles. The summed E-state index contributed by atoms with van der Waals surface area (Å²) in [4.78, 5) is 36.1. The van der Waals surface area contributed by atoms with Crippen LogP contribution in [0.1, 0.15) is 25.0 Å². The molecular weight excluding hydrogens is 569 g/mol. The van der Waals surface area contributed by atoms with Crippen LogP contribution in [0, 0.1) is 3.57 Å². The Balaban J connectivity index is 1.91. The van der Waals surface area contributed by atoms with Gasteiger partial charge in [0.05, 0.1) is 37.0 Å². The molecule has 0 saturated heterocycles. The SMILES string of the molecule is CCOC(=O)COc1c(I)cc(C=NNC(=O)C(C)NC(=O)Cc2ccc(OC)cc2)cc1OC. The summed E-state index contributed by atoms with van der Waals surface area (Å²) in [6.07, 6.45) is 1.57. The van der Waals surface area contributed by atoms with Gasteiger partial charge in [-0.15, -0.1) is 0 Å². The third-order valence-electron chi connectivity index (χ3n) is 4.57. The third kappa shape index (κ3) is 9.08. The van der Waals surface area contributed by atoms with Crippen LogP contribution in [0.4, 0.5) is 0 Å². The average Bonchev–Trinajstić information content (AvgIpc) is 2.83. The van der Waals surface area contributed by atoms with Gasteiger partial charge in [0.1, 0.15) is 11.8 Å². The number of benzene rings is 2. The van der Waals surface area contributed by atoms with Crippen molar-refractivity contribution < 1.29 is 33.3 Å². The number of hydrogen-bond donors (Lipinski definition) is 2. The van der Waals surface area contributed by atoms with Crippen LogP contribution in [0.2, 0.25) is 0 Å². The molecule has 0 aliphatic rings. The zero-order valence-corrected chi connectivity index (χ0v) is 22.1. The minimum absolute atomic E-state index is 0.133. The molecule has 2 aromatic carbocycles. The molecule has 10 nitrogen and oxygen atoms in total. The smallest absolute Gasteiger partial charge is 0.344 e. The average molecular weight is 597 g/mol. The second kappa shape index (κ2) is 14.1. The van der Waals surface area contributed by atoms with E-state index in [-0.39, 0.29) is 25.5 Å². The van der Waals surface area contributed by atoms with Crippen LogP contribution >= 0.6 is 22.6 Å². The Labute approximate surface area is 217 Å². The number of carbonyl (C=O) groups is 3. The summed E-state index contributed by atoms with van der Waals surface area (Å²) in [5, 5.41) is 6.59. The van der Waals surface area contributed by atoms with Crippen molar-refractivity contribution in [2.75, 3.05) is 27.4 Å². The van der Waals surface area contributed by atoms with Gasteiger partial charge in [0.25, 0.3) is 5.91 Å². The number of amides is 2. The van der Waals surface area contributed by atoms with Gasteiger partial charge in [-0.25, -0.2) is 10.2 Å². The van der Waals surface area contributed by atoms with Gasteiger partial charge in [-0.05, 0) is 71.8 Å². The van der Waals surface area contributed by atoms with Gasteiger partial charge in [0.15, 0.2) is 18.1 Å². The highest BCUT2D eigenvalue weighted by atomic mass is 127. The van der Waals surface area contributed by atoms with E-state index in [4.69, 9.17) is 18.9 Å². The number of ether oxygens (including phenoxy) is 4. The van der Waals surface area contributed by atoms with E-state index in [9.17, 15) is 14.4 Å². The number of hydrazone groups is 1. The van der Waals surface area contributed by atoms with Gasteiger partial charge in [0, 0.05) is 0 Å². The monoisotopic (exact) mass is 597 g/mol. The fourth-order valence-corrected chi connectivity index (χ4v) is 3.62. The van der Waals surface area contributed by atoms with E-state index >= 15 is 0 Å². The first-order chi connectivity index (χ1) is 16.8. The molecular formula is C24H28IN3O7. The fourth-order valence-electron chi connectivity index (χ4n) is 2.84. The summed E-state index contributed by atoms with van der Waals surface area (Å²) in [5.74, 6) is 0.248. The Morgan fingerprint density at radius 2 is 1.83 bits per heavy atom. The molecule has 0 aromatic heterocycles. The van der Waals surface area contributed by atoms with Gasteiger partial charge in [0.2, 0.25) is 5.91 Å². The first-order valence-electron chi connectivity index (χ1n) is 10.7. The number of nitrogens with zero attached hydrogens (tertiary/aromatic N) is 1. The lowest BCUT2D eigenvalue weighted by Crippen LogP contribution is -2.43. The molecule has 188 valence electrons. The highest BCUT2D eigenvalue weighted by Crippen LogP contribution is 2.33. The standard InChI is InChI=1S/C24H28IN3O7/c1-5-34-22(30)14-35-23-19(25)10-17(11-20(23)33-4)13-26-28-24(31)15(2)27-21(29)12-16-6-8-18(32-3)9-7-16/h6-11,13,15H,5,12,14H2,1-4H3,(H,27,29)(H,28,31). The molecule has 0 fully saturated rings. The van der Waals surface area contributed by atoms with Gasteiger partial charge in [-0.1, -0.05) is 12.1 Å². The molecule has 11 heteroatoms. The second-order valence-corrected chi connectivity index (χ2v) is 8.34. The van der Waals surface area contributed by atoms with Crippen molar-refractivity contribution in [1.29, 1.82) is 0 Å². The summed E-state index contributed by atoms with van der Waals surface area (Å²) < 4.78 is 21.5. The van der Waals surface area contributed by atoms with Gasteiger partial charge in [-0.3, -0.25) is 9.59 Å². The highest BCUT2D eigenvalue weighted by Gasteiger charge is 2.16. The molecule has 0 radical (unpaired) electrons. The number of rotatable bonds is 12. The van der Waals surface area contributed by atoms with E-state index in [2.05, 4.69) is 15.8 Å². The quantitative estimate of drug-likeness (QED) is 0.167. The molecule has 2 N–H and O–H groups in total. The predicted octanol–water partition coefficient (Wildman–Crippen LogP) is 2.45. The van der Waals surface area contributed by atoms with Crippen molar-refractivity contribution in [2.45, 2.75) is 26.3 Å². The Kier molecular flexibility index (Phi) is 11.3. The van der Waals surface area contributed by atoms with E-state index in [0.717, 1.165) is 5.56 Å². The van der Waals surface area contributed by atoms with Crippen LogP contribution in [0.5, 0.6) is 17.2 Å². The Morgan fingerprint density at radius 1 is 1.11 bits per heavy atom. The molecule has 35 heavy (non-hydrogen) atoms. The molecule has 0 spiro atoms. The first-order valence-corrected chi connectivity index (χ1v) is 11.8. The summed E-state index contributed by atoms with van der Waals surface area (Å²) in [6.45, 7) is 3.30. The number of carbonyl (C=O) groups excluding carboxylic acids is 3. The van der Waals surface area contributed by atoms with Crippen LogP contribution in [0.3, 0.4) is 0 Å². The summed E-state index contributed by atoms with van der Waals surface area (Å²) in [5.41, 5.74) is 3.83. The van der Waals surface area contributed by atoms with Crippen molar-refractivity contribution >= 4 is 46.6 Å². The normalized spacial score (nSPS) is 11.5. The predicted molar refractivity (Wildman–Crippen MR) is 138 cm³/mol. The molecule has 2 amide bonds. The fraction of sp³-hybridized carbons (Fsp3) is 0.333. The maximum Gasteiger partial charge on any atom is 0.344 e. The van der Waals surface area contributed by atoms with Gasteiger partial charge >= 0.3 is 5.97 Å². The van der Waals surface area contributed by atoms with Gasteiger partial charge in [-0.2, -0.15) is 5.10 Å². The van der Waals surface area contributed by atoms with Crippen LogP contribution in [0.25, 0.3) is 0 Å². The molecule has 2 rings (SSSR count). The van der Waals surface area contributed by atoms with Crippen molar-refractivity contribution in [3.63, 3.8) is 0 Å². The van der Waals surface area contributed by atoms with Gasteiger partial charge < -0.3 is 24.3 Å². The van der Waals surface area contributed by atoms with E-state index in [1.807, 2.05) is 22.6 Å². The van der Waals surface area contributed by atoms with Crippen molar-refractivity contribution in [3.05, 3.63) is 51.1 Å². The summed E-state index contributed by atoms with van der Waals surface area (Å²) in [6, 6.07) is 9.72. The lowest BCUT2D eigenvalue weighted by molar-refractivity contribution is -0.145. The maximum atomic E-state index is 12.3. The molecule has 0 heterocycles. The summed E-state index contributed by atoms with van der Waals surface area (Å²) >= 11 is 2.04. The van der Waals surface area contributed by atoms with E-state index in [0.29, 0.717) is 26.4 Å². The molecule has 0 bridgehead atoms. The van der Waals surface area contributed by atoms with Crippen molar-refractivity contribution in [2.24, 2.45) is 5.10 Å². The van der Waals surface area contributed by atoms with Crippen LogP contribution < -0.4 is 25.0 Å². The number of hydrogen-bond acceptors (Lipinski definition) is 8. The Bertz CT molecular complexity index is 1060. The lowest BCUT2D eigenvalue weighted by atomic mass is 10.1. The highest BCUT2D eigenvalue weighted by molar-refractivity contribution is 14.1. The largest absolute Gasteiger partial charge is 0.497 e. The van der Waals surface area contributed by atoms with Crippen LogP contribution in [-0.4, -0.2) is 57.5 Å². The third-order valence-corrected chi connectivity index (χ3v) is 5.38. The number of methoxy groups -OCH3 is 2. The number of nitrogens with one attached hydrogen (secondary N) is 2. The van der Waals surface area contributed by atoms with E-state index in [1.165, 1.54) is 13.3 Å². The van der Waals surface area contributed by atoms with Crippen molar-refractivity contribution in [3.8, 4) is 17.2 Å². The Hall–Kier alpha value is -3.35. The van der Waals surface area contributed by atoms with E-state index in [1.54, 1.807) is 57.4 Å². The zero-order chi connectivity index (χ0) is 25.8. The Morgan fingerprint density at radius 3 is 2.46 bits per heavy atom. The molecule has 0 aliphatic heterocycles. The minimum atomic E-state index is -0.786. The molecule has 1 unspecified atom stereocenters. The first kappa shape index (κ1) is 27.9. The van der Waals surface area contributed by atoms with Crippen LogP contribution in [-0.2, 0) is 25.5 Å². The number of halogens is 1. The molecule has 1 atom stereocenters. The zero-order valence-electron chi connectivity index (χ0n) is 19.9.